The van der Waals surface area contributed by atoms with Gasteiger partial charge in [-0.05, 0) is 51.1 Å². The molecule has 0 aliphatic carbocycles. The van der Waals surface area contributed by atoms with Crippen LogP contribution in [-0.4, -0.2) is 50.5 Å². The summed E-state index contributed by atoms with van der Waals surface area (Å²) in [5.74, 6) is 1.65. The van der Waals surface area contributed by atoms with Crippen molar-refractivity contribution in [2.24, 2.45) is 0 Å². The number of anilines is 2. The van der Waals surface area contributed by atoms with Crippen LogP contribution in [0.5, 0.6) is 0 Å². The van der Waals surface area contributed by atoms with Gasteiger partial charge >= 0.3 is 0 Å². The van der Waals surface area contributed by atoms with Gasteiger partial charge in [-0.1, -0.05) is 23.5 Å². The Morgan fingerprint density at radius 3 is 2.35 bits per heavy atom. The maximum Gasteiger partial charge on any atom is 0.234 e. The summed E-state index contributed by atoms with van der Waals surface area (Å²) < 4.78 is 2.03. The van der Waals surface area contributed by atoms with Crippen LogP contribution in [0.15, 0.2) is 40.6 Å². The van der Waals surface area contributed by atoms with E-state index in [0.717, 1.165) is 45.4 Å². The van der Waals surface area contributed by atoms with E-state index in [9.17, 15) is 4.79 Å². The van der Waals surface area contributed by atoms with Gasteiger partial charge in [0.25, 0.3) is 0 Å². The molecule has 2 aromatic heterocycles. The van der Waals surface area contributed by atoms with Crippen molar-refractivity contribution in [3.63, 3.8) is 0 Å². The normalized spacial score (nSPS) is 10.9. The van der Waals surface area contributed by atoms with Gasteiger partial charge in [-0.2, -0.15) is 0 Å². The standard InChI is InChI=1S/C21H27N7OS2/c1-6-28-18(12-30-20-22-14(2)11-15(3)23-20)25-26-21(28)31-13-19(29)24-16-7-9-17(10-8-16)27(4)5/h7-11H,6,12-13H2,1-5H3,(H,24,29). The second-order valence-electron chi connectivity index (χ2n) is 7.14. The fraction of sp³-hybridized carbons (Fsp3) is 0.381. The van der Waals surface area contributed by atoms with E-state index < -0.39 is 0 Å². The quantitative estimate of drug-likeness (QED) is 0.383. The first-order chi connectivity index (χ1) is 14.9. The van der Waals surface area contributed by atoms with Crippen molar-refractivity contribution in [3.8, 4) is 0 Å². The predicted octanol–water partition coefficient (Wildman–Crippen LogP) is 3.79. The maximum absolute atomic E-state index is 12.4. The van der Waals surface area contributed by atoms with Gasteiger partial charge < -0.3 is 14.8 Å². The highest BCUT2D eigenvalue weighted by atomic mass is 32.2. The second-order valence-corrected chi connectivity index (χ2v) is 9.03. The fourth-order valence-corrected chi connectivity index (χ4v) is 4.62. The number of aryl methyl sites for hydroxylation is 2. The van der Waals surface area contributed by atoms with E-state index in [1.165, 1.54) is 23.5 Å². The van der Waals surface area contributed by atoms with E-state index in [-0.39, 0.29) is 11.7 Å². The lowest BCUT2D eigenvalue weighted by atomic mass is 10.2. The van der Waals surface area contributed by atoms with Crippen LogP contribution >= 0.6 is 23.5 Å². The average Bonchev–Trinajstić information content (AvgIpc) is 3.12. The van der Waals surface area contributed by atoms with Crippen molar-refractivity contribution in [3.05, 3.63) is 47.5 Å². The molecule has 10 heteroatoms. The molecule has 0 saturated carbocycles. The molecule has 0 spiro atoms. The molecule has 3 rings (SSSR count). The molecule has 0 fully saturated rings. The average molecular weight is 458 g/mol. The summed E-state index contributed by atoms with van der Waals surface area (Å²) in [6, 6.07) is 9.70. The highest BCUT2D eigenvalue weighted by Crippen LogP contribution is 2.23. The topological polar surface area (TPSA) is 88.8 Å². The van der Waals surface area contributed by atoms with Gasteiger partial charge in [0.05, 0.1) is 11.5 Å². The Labute approximate surface area is 191 Å². The number of nitrogens with one attached hydrogen (secondary N) is 1. The molecule has 0 unspecified atom stereocenters. The highest BCUT2D eigenvalue weighted by molar-refractivity contribution is 7.99. The molecule has 0 aliphatic rings. The van der Waals surface area contributed by atoms with Gasteiger partial charge in [-0.15, -0.1) is 10.2 Å². The molecule has 1 aromatic carbocycles. The summed E-state index contributed by atoms with van der Waals surface area (Å²) in [5, 5.41) is 13.0. The Bertz CT molecular complexity index is 1010. The minimum atomic E-state index is -0.0761. The lowest BCUT2D eigenvalue weighted by Gasteiger charge is -2.13. The number of amides is 1. The maximum atomic E-state index is 12.4. The van der Waals surface area contributed by atoms with E-state index >= 15 is 0 Å². The molecular formula is C21H27N7OS2. The number of thioether (sulfide) groups is 2. The molecule has 1 N–H and O–H groups in total. The molecule has 0 saturated heterocycles. The lowest BCUT2D eigenvalue weighted by molar-refractivity contribution is -0.113. The van der Waals surface area contributed by atoms with Crippen LogP contribution in [-0.2, 0) is 17.1 Å². The third kappa shape index (κ3) is 6.44. The Hall–Kier alpha value is -2.59. The third-order valence-electron chi connectivity index (χ3n) is 4.40. The number of aromatic nitrogens is 5. The van der Waals surface area contributed by atoms with Gasteiger partial charge in [0.15, 0.2) is 10.3 Å². The number of hydrogen-bond acceptors (Lipinski definition) is 8. The molecule has 3 aromatic rings. The van der Waals surface area contributed by atoms with Crippen LogP contribution < -0.4 is 10.2 Å². The van der Waals surface area contributed by atoms with Gasteiger partial charge in [0.1, 0.15) is 5.82 Å². The van der Waals surface area contributed by atoms with Crippen molar-refractivity contribution in [1.82, 2.24) is 24.7 Å². The highest BCUT2D eigenvalue weighted by Gasteiger charge is 2.14. The largest absolute Gasteiger partial charge is 0.378 e. The predicted molar refractivity (Wildman–Crippen MR) is 127 cm³/mol. The number of carbonyl (C=O) groups is 1. The van der Waals surface area contributed by atoms with Gasteiger partial charge in [-0.25, -0.2) is 9.97 Å². The van der Waals surface area contributed by atoms with E-state index in [2.05, 4.69) is 25.5 Å². The van der Waals surface area contributed by atoms with Crippen molar-refractivity contribution >= 4 is 40.8 Å². The molecule has 0 aliphatic heterocycles. The van der Waals surface area contributed by atoms with Crippen LogP contribution in [0.25, 0.3) is 0 Å². The first-order valence-corrected chi connectivity index (χ1v) is 11.9. The molecule has 31 heavy (non-hydrogen) atoms. The number of benzene rings is 1. The Balaban J connectivity index is 1.56. The number of rotatable bonds is 9. The van der Waals surface area contributed by atoms with E-state index in [0.29, 0.717) is 5.75 Å². The molecule has 0 bridgehead atoms. The molecule has 1 amide bonds. The third-order valence-corrected chi connectivity index (χ3v) is 6.21. The zero-order valence-electron chi connectivity index (χ0n) is 18.4. The van der Waals surface area contributed by atoms with E-state index in [1.54, 1.807) is 0 Å². The SMILES string of the molecule is CCn1c(CSc2nc(C)cc(C)n2)nnc1SCC(=O)Nc1ccc(N(C)C)cc1. The Morgan fingerprint density at radius 2 is 1.74 bits per heavy atom. The molecule has 8 nitrogen and oxygen atoms in total. The summed E-state index contributed by atoms with van der Waals surface area (Å²) in [6.07, 6.45) is 0. The first kappa shape index (κ1) is 23.1. The van der Waals surface area contributed by atoms with Gasteiger partial charge in [-0.3, -0.25) is 4.79 Å². The summed E-state index contributed by atoms with van der Waals surface area (Å²) in [4.78, 5) is 23.3. The summed E-state index contributed by atoms with van der Waals surface area (Å²) >= 11 is 2.92. The second kappa shape index (κ2) is 10.6. The molecule has 0 atom stereocenters. The van der Waals surface area contributed by atoms with Crippen LogP contribution in [0, 0.1) is 13.8 Å². The molecule has 0 radical (unpaired) electrons. The Morgan fingerprint density at radius 1 is 1.06 bits per heavy atom. The summed E-state index contributed by atoms with van der Waals surface area (Å²) in [5.41, 5.74) is 3.76. The lowest BCUT2D eigenvalue weighted by Crippen LogP contribution is -2.15. The zero-order valence-corrected chi connectivity index (χ0v) is 20.0. The van der Waals surface area contributed by atoms with E-state index in [4.69, 9.17) is 0 Å². The van der Waals surface area contributed by atoms with Crippen LogP contribution in [0.1, 0.15) is 24.1 Å². The summed E-state index contributed by atoms with van der Waals surface area (Å²) in [7, 11) is 3.96. The van der Waals surface area contributed by atoms with Crippen LogP contribution in [0.2, 0.25) is 0 Å². The monoisotopic (exact) mass is 457 g/mol. The van der Waals surface area contributed by atoms with Crippen molar-refractivity contribution < 1.29 is 4.79 Å². The van der Waals surface area contributed by atoms with Gasteiger partial charge in [0, 0.05) is 43.4 Å². The molecule has 164 valence electrons. The van der Waals surface area contributed by atoms with Gasteiger partial charge in [0.2, 0.25) is 5.91 Å². The minimum Gasteiger partial charge on any atom is -0.378 e. The smallest absolute Gasteiger partial charge is 0.234 e. The van der Waals surface area contributed by atoms with Crippen molar-refractivity contribution in [2.75, 3.05) is 30.1 Å². The minimum absolute atomic E-state index is 0.0761. The van der Waals surface area contributed by atoms with Crippen LogP contribution in [0.4, 0.5) is 11.4 Å². The molecule has 2 heterocycles. The molecular weight excluding hydrogens is 430 g/mol. The Kier molecular flexibility index (Phi) is 7.91. The number of nitrogens with zero attached hydrogens (tertiary/aromatic N) is 6. The van der Waals surface area contributed by atoms with E-state index in [1.807, 2.05) is 74.7 Å². The number of carbonyl (C=O) groups excluding carboxylic acids is 1. The van der Waals surface area contributed by atoms with Crippen LogP contribution in [0.3, 0.4) is 0 Å². The van der Waals surface area contributed by atoms with Crippen molar-refractivity contribution in [1.29, 1.82) is 0 Å². The zero-order chi connectivity index (χ0) is 22.4. The first-order valence-electron chi connectivity index (χ1n) is 9.93. The fourth-order valence-electron chi connectivity index (χ4n) is 2.91. The van der Waals surface area contributed by atoms with Crippen molar-refractivity contribution in [2.45, 2.75) is 43.4 Å². The summed E-state index contributed by atoms with van der Waals surface area (Å²) in [6.45, 7) is 6.70. The number of hydrogen-bond donors (Lipinski definition) is 1.